The second kappa shape index (κ2) is 12.4. The maximum absolute atomic E-state index is 13.1. The summed E-state index contributed by atoms with van der Waals surface area (Å²) >= 11 is 5.93. The topological polar surface area (TPSA) is 122 Å². The van der Waals surface area contributed by atoms with Crippen molar-refractivity contribution in [2.75, 3.05) is 6.61 Å². The molecule has 1 rings (SSSR count). The number of aliphatic carboxylic acids is 1. The van der Waals surface area contributed by atoms with Crippen molar-refractivity contribution in [3.63, 3.8) is 0 Å². The molecule has 32 heavy (non-hydrogen) atoms. The summed E-state index contributed by atoms with van der Waals surface area (Å²) in [4.78, 5) is 49.3. The van der Waals surface area contributed by atoms with Gasteiger partial charge in [0.15, 0.2) is 0 Å². The van der Waals surface area contributed by atoms with Crippen LogP contribution >= 0.6 is 11.6 Å². The maximum Gasteiger partial charge on any atom is 0.328 e. The lowest BCUT2D eigenvalue weighted by atomic mass is 9.83. The molecule has 0 saturated heterocycles. The Morgan fingerprint density at radius 1 is 1.09 bits per heavy atom. The Balaban J connectivity index is 2.98. The third kappa shape index (κ3) is 8.15. The van der Waals surface area contributed by atoms with Gasteiger partial charge in [-0.25, -0.2) is 4.79 Å². The van der Waals surface area contributed by atoms with Crippen molar-refractivity contribution in [1.29, 1.82) is 0 Å². The number of nitrogens with one attached hydrogen (secondary N) is 2. The third-order valence-corrected chi connectivity index (χ3v) is 5.32. The molecule has 2 amide bonds. The number of carboxylic acid groups (broad SMARTS) is 1. The molecule has 0 aliphatic rings. The van der Waals surface area contributed by atoms with Gasteiger partial charge in [-0.05, 0) is 50.3 Å². The van der Waals surface area contributed by atoms with Crippen LogP contribution in [0.25, 0.3) is 0 Å². The van der Waals surface area contributed by atoms with Crippen molar-refractivity contribution in [1.82, 2.24) is 10.6 Å². The van der Waals surface area contributed by atoms with Crippen molar-refractivity contribution < 1.29 is 29.0 Å². The number of hydrogen-bond donors (Lipinski definition) is 3. The summed E-state index contributed by atoms with van der Waals surface area (Å²) in [6.07, 6.45) is 0.170. The van der Waals surface area contributed by atoms with Gasteiger partial charge in [0, 0.05) is 11.4 Å². The Morgan fingerprint density at radius 3 is 2.19 bits per heavy atom. The smallest absolute Gasteiger partial charge is 0.328 e. The number of carbonyl (C=O) groups excluding carboxylic acids is 3. The van der Waals surface area contributed by atoms with Gasteiger partial charge in [0.2, 0.25) is 11.8 Å². The number of benzene rings is 1. The van der Waals surface area contributed by atoms with E-state index in [4.69, 9.17) is 21.4 Å². The molecular formula is C23H33ClN2O6. The fourth-order valence-corrected chi connectivity index (χ4v) is 3.06. The Kier molecular flexibility index (Phi) is 10.7. The van der Waals surface area contributed by atoms with Gasteiger partial charge in [-0.1, -0.05) is 44.5 Å². The minimum absolute atomic E-state index is 0.112. The number of hydrogen-bond acceptors (Lipinski definition) is 5. The summed E-state index contributed by atoms with van der Waals surface area (Å²) < 4.78 is 5.08. The summed E-state index contributed by atoms with van der Waals surface area (Å²) in [6.45, 7) is 8.99. The minimum atomic E-state index is -1.12. The molecule has 1 aromatic carbocycles. The number of carbonyl (C=O) groups is 4. The fourth-order valence-electron chi connectivity index (χ4n) is 2.94. The van der Waals surface area contributed by atoms with Crippen LogP contribution in [0.2, 0.25) is 5.02 Å². The molecule has 0 aliphatic carbocycles. The number of esters is 1. The SMILES string of the molecule is CCCOC(=O)[C@@H](CCC(=O)O)NC(=O)[C@@H](NC(=O)C(C)(C)c1ccc(Cl)cc1)C(C)C. The summed E-state index contributed by atoms with van der Waals surface area (Å²) in [6, 6.07) is 4.82. The molecule has 2 atom stereocenters. The highest BCUT2D eigenvalue weighted by molar-refractivity contribution is 6.30. The van der Waals surface area contributed by atoms with E-state index in [-0.39, 0.29) is 31.3 Å². The lowest BCUT2D eigenvalue weighted by Crippen LogP contribution is -2.56. The van der Waals surface area contributed by atoms with Crippen molar-refractivity contribution in [3.05, 3.63) is 34.9 Å². The van der Waals surface area contributed by atoms with Crippen molar-refractivity contribution in [2.45, 2.75) is 71.4 Å². The van der Waals surface area contributed by atoms with Gasteiger partial charge in [0.1, 0.15) is 12.1 Å². The van der Waals surface area contributed by atoms with Crippen LogP contribution in [-0.2, 0) is 29.3 Å². The highest BCUT2D eigenvalue weighted by Crippen LogP contribution is 2.25. The Labute approximate surface area is 194 Å². The standard InChI is InChI=1S/C23H33ClN2O6/c1-6-13-32-21(30)17(11-12-18(27)28)25-20(29)19(14(2)3)26-22(31)23(4,5)15-7-9-16(24)10-8-15/h7-10,14,17,19H,6,11-13H2,1-5H3,(H,25,29)(H,26,31)(H,27,28)/t17-,19+/m1/s1. The van der Waals surface area contributed by atoms with Gasteiger partial charge in [-0.2, -0.15) is 0 Å². The summed E-state index contributed by atoms with van der Waals surface area (Å²) in [5.74, 6) is -3.03. The molecule has 1 aromatic rings. The first-order chi connectivity index (χ1) is 14.9. The van der Waals surface area contributed by atoms with Gasteiger partial charge in [-0.3, -0.25) is 14.4 Å². The maximum atomic E-state index is 13.1. The van der Waals surface area contributed by atoms with Gasteiger partial charge in [0.05, 0.1) is 12.0 Å². The van der Waals surface area contributed by atoms with Gasteiger partial charge in [-0.15, -0.1) is 0 Å². The van der Waals surface area contributed by atoms with Crippen LogP contribution in [0.4, 0.5) is 0 Å². The van der Waals surface area contributed by atoms with Crippen molar-refractivity contribution in [2.24, 2.45) is 5.92 Å². The Morgan fingerprint density at radius 2 is 1.69 bits per heavy atom. The first-order valence-electron chi connectivity index (χ1n) is 10.7. The fraction of sp³-hybridized carbons (Fsp3) is 0.565. The molecule has 0 saturated carbocycles. The molecule has 0 bridgehead atoms. The van der Waals surface area contributed by atoms with Crippen molar-refractivity contribution in [3.8, 4) is 0 Å². The second-order valence-electron chi connectivity index (χ2n) is 8.49. The van der Waals surface area contributed by atoms with E-state index in [1.165, 1.54) is 0 Å². The van der Waals surface area contributed by atoms with Gasteiger partial charge in [0.25, 0.3) is 0 Å². The highest BCUT2D eigenvalue weighted by atomic mass is 35.5. The van der Waals surface area contributed by atoms with Crippen LogP contribution in [0.5, 0.6) is 0 Å². The number of ether oxygens (including phenoxy) is 1. The number of halogens is 1. The van der Waals surface area contributed by atoms with Crippen LogP contribution in [0.15, 0.2) is 24.3 Å². The monoisotopic (exact) mass is 468 g/mol. The Hall–Kier alpha value is -2.61. The molecule has 178 valence electrons. The van der Waals surface area contributed by atoms with Crippen LogP contribution in [0, 0.1) is 5.92 Å². The predicted molar refractivity (Wildman–Crippen MR) is 121 cm³/mol. The summed E-state index contributed by atoms with van der Waals surface area (Å²) in [7, 11) is 0. The number of amides is 2. The van der Waals surface area contributed by atoms with E-state index < -0.39 is 35.3 Å². The number of carboxylic acids is 1. The normalized spacial score (nSPS) is 13.2. The molecule has 0 unspecified atom stereocenters. The molecule has 0 aliphatic heterocycles. The second-order valence-corrected chi connectivity index (χ2v) is 8.92. The average molecular weight is 469 g/mol. The van der Waals surface area contributed by atoms with E-state index in [1.807, 2.05) is 6.92 Å². The molecule has 9 heteroatoms. The Bertz CT molecular complexity index is 807. The average Bonchev–Trinajstić information content (AvgIpc) is 2.72. The highest BCUT2D eigenvalue weighted by Gasteiger charge is 2.35. The summed E-state index contributed by atoms with van der Waals surface area (Å²) in [5, 5.41) is 14.8. The van der Waals surface area contributed by atoms with Crippen LogP contribution in [0.3, 0.4) is 0 Å². The lowest BCUT2D eigenvalue weighted by Gasteiger charge is -2.30. The van der Waals surface area contributed by atoms with Crippen molar-refractivity contribution >= 4 is 35.4 Å². The molecule has 0 heterocycles. The van der Waals surface area contributed by atoms with E-state index in [0.29, 0.717) is 11.4 Å². The van der Waals surface area contributed by atoms with E-state index in [9.17, 15) is 19.2 Å². The molecule has 3 N–H and O–H groups in total. The minimum Gasteiger partial charge on any atom is -0.481 e. The van der Waals surface area contributed by atoms with Crippen LogP contribution < -0.4 is 10.6 Å². The zero-order chi connectivity index (χ0) is 24.5. The first kappa shape index (κ1) is 27.4. The zero-order valence-corrected chi connectivity index (χ0v) is 20.0. The van der Waals surface area contributed by atoms with Gasteiger partial charge >= 0.3 is 11.9 Å². The van der Waals surface area contributed by atoms with Gasteiger partial charge < -0.3 is 20.5 Å². The predicted octanol–water partition coefficient (Wildman–Crippen LogP) is 3.06. The molecule has 8 nitrogen and oxygen atoms in total. The van der Waals surface area contributed by atoms with E-state index >= 15 is 0 Å². The quantitative estimate of drug-likeness (QED) is 0.405. The molecule has 0 aromatic heterocycles. The van der Waals surface area contributed by atoms with Crippen LogP contribution in [-0.4, -0.2) is 47.6 Å². The van der Waals surface area contributed by atoms with E-state index in [0.717, 1.165) is 5.56 Å². The van der Waals surface area contributed by atoms with E-state index in [2.05, 4.69) is 10.6 Å². The molecule has 0 fully saturated rings. The number of rotatable bonds is 12. The zero-order valence-electron chi connectivity index (χ0n) is 19.2. The molecule has 0 radical (unpaired) electrons. The molecular weight excluding hydrogens is 436 g/mol. The lowest BCUT2D eigenvalue weighted by molar-refractivity contribution is -0.149. The van der Waals surface area contributed by atoms with Crippen LogP contribution in [0.1, 0.15) is 59.4 Å². The molecule has 0 spiro atoms. The largest absolute Gasteiger partial charge is 0.481 e. The first-order valence-corrected chi connectivity index (χ1v) is 11.0. The summed E-state index contributed by atoms with van der Waals surface area (Å²) in [5.41, 5.74) is -0.217. The van der Waals surface area contributed by atoms with E-state index in [1.54, 1.807) is 52.0 Å². The third-order valence-electron chi connectivity index (χ3n) is 5.07.